The molecule has 0 radical (unpaired) electrons. The minimum atomic E-state index is -0.0458. The van der Waals surface area contributed by atoms with Crippen LogP contribution in [-0.4, -0.2) is 5.91 Å². The summed E-state index contributed by atoms with van der Waals surface area (Å²) in [5, 5.41) is 6.67. The smallest absolute Gasteiger partial charge is 0.252 e. The third kappa shape index (κ3) is 2.85. The summed E-state index contributed by atoms with van der Waals surface area (Å²) in [6.45, 7) is 1.95. The minimum Gasteiger partial charge on any atom is -0.399 e. The average molecular weight is 246 g/mol. The predicted molar refractivity (Wildman–Crippen MR) is 71.1 cm³/mol. The van der Waals surface area contributed by atoms with E-state index in [1.165, 1.54) is 11.3 Å². The van der Waals surface area contributed by atoms with Crippen molar-refractivity contribution >= 4 is 22.9 Å². The van der Waals surface area contributed by atoms with Crippen LogP contribution in [0.1, 0.15) is 28.9 Å². The number of rotatable bonds is 3. The number of thiophene rings is 1. The number of nitrogen functional groups attached to an aromatic ring is 1. The fourth-order valence-corrected chi connectivity index (χ4v) is 2.18. The zero-order chi connectivity index (χ0) is 12.3. The molecule has 0 aliphatic carbocycles. The molecule has 1 aromatic heterocycles. The zero-order valence-corrected chi connectivity index (χ0v) is 10.3. The molecule has 4 heteroatoms. The summed E-state index contributed by atoms with van der Waals surface area (Å²) in [5.41, 5.74) is 8.10. The number of hydrogen-bond donors (Lipinski definition) is 2. The van der Waals surface area contributed by atoms with E-state index in [4.69, 9.17) is 5.73 Å². The molecule has 0 fully saturated rings. The number of nitrogens with one attached hydrogen (secondary N) is 1. The highest BCUT2D eigenvalue weighted by Gasteiger charge is 2.11. The highest BCUT2D eigenvalue weighted by atomic mass is 32.1. The molecule has 1 unspecified atom stereocenters. The Kier molecular flexibility index (Phi) is 3.44. The van der Waals surface area contributed by atoms with E-state index in [1.807, 2.05) is 48.0 Å². The molecule has 1 amide bonds. The predicted octanol–water partition coefficient (Wildman–Crippen LogP) is 2.82. The van der Waals surface area contributed by atoms with Crippen LogP contribution in [0.25, 0.3) is 0 Å². The number of carbonyl (C=O) groups excluding carboxylic acids is 1. The van der Waals surface area contributed by atoms with Gasteiger partial charge in [-0.15, -0.1) is 0 Å². The number of hydrogen-bond acceptors (Lipinski definition) is 3. The van der Waals surface area contributed by atoms with Crippen molar-refractivity contribution in [1.82, 2.24) is 5.32 Å². The van der Waals surface area contributed by atoms with Gasteiger partial charge in [-0.25, -0.2) is 0 Å². The Morgan fingerprint density at radius 3 is 2.59 bits per heavy atom. The van der Waals surface area contributed by atoms with E-state index in [2.05, 4.69) is 5.32 Å². The van der Waals surface area contributed by atoms with Crippen LogP contribution < -0.4 is 11.1 Å². The van der Waals surface area contributed by atoms with Gasteiger partial charge in [-0.2, -0.15) is 11.3 Å². The normalized spacial score (nSPS) is 12.1. The molecule has 88 valence electrons. The van der Waals surface area contributed by atoms with Crippen molar-refractivity contribution in [2.75, 3.05) is 5.73 Å². The third-order valence-electron chi connectivity index (χ3n) is 2.57. The van der Waals surface area contributed by atoms with Crippen LogP contribution >= 0.6 is 11.3 Å². The first-order valence-electron chi connectivity index (χ1n) is 5.35. The van der Waals surface area contributed by atoms with E-state index in [0.29, 0.717) is 5.56 Å². The van der Waals surface area contributed by atoms with Crippen LogP contribution in [-0.2, 0) is 0 Å². The van der Waals surface area contributed by atoms with Gasteiger partial charge in [0.15, 0.2) is 0 Å². The van der Waals surface area contributed by atoms with E-state index in [1.54, 1.807) is 0 Å². The summed E-state index contributed by atoms with van der Waals surface area (Å²) in [4.78, 5) is 11.8. The van der Waals surface area contributed by atoms with E-state index >= 15 is 0 Å². The molecule has 0 bridgehead atoms. The maximum atomic E-state index is 11.8. The Balaban J connectivity index is 2.04. The highest BCUT2D eigenvalue weighted by Crippen LogP contribution is 2.15. The summed E-state index contributed by atoms with van der Waals surface area (Å²) in [6, 6.07) is 9.31. The molecule has 2 aromatic rings. The molecule has 0 saturated heterocycles. The zero-order valence-electron chi connectivity index (χ0n) is 9.51. The van der Waals surface area contributed by atoms with Gasteiger partial charge in [-0.05, 0) is 36.1 Å². The molecule has 1 heterocycles. The molecule has 0 saturated carbocycles. The lowest BCUT2D eigenvalue weighted by Crippen LogP contribution is -2.26. The van der Waals surface area contributed by atoms with Gasteiger partial charge in [0, 0.05) is 11.1 Å². The van der Waals surface area contributed by atoms with E-state index in [9.17, 15) is 4.79 Å². The average Bonchev–Trinajstić information content (AvgIpc) is 2.83. The topological polar surface area (TPSA) is 55.1 Å². The first-order valence-corrected chi connectivity index (χ1v) is 6.29. The standard InChI is InChI=1S/C13H14N2OS/c1-9(10-2-4-12(14)5-3-10)15-13(16)11-6-7-17-8-11/h2-9H,14H2,1H3,(H,15,16). The Bertz CT molecular complexity index is 491. The van der Waals surface area contributed by atoms with Crippen LogP contribution in [0.5, 0.6) is 0 Å². The third-order valence-corrected chi connectivity index (χ3v) is 3.25. The second-order valence-electron chi connectivity index (χ2n) is 3.87. The molecule has 1 atom stereocenters. The van der Waals surface area contributed by atoms with Gasteiger partial charge in [0.2, 0.25) is 0 Å². The number of carbonyl (C=O) groups is 1. The highest BCUT2D eigenvalue weighted by molar-refractivity contribution is 7.08. The maximum Gasteiger partial charge on any atom is 0.252 e. The first kappa shape index (κ1) is 11.7. The van der Waals surface area contributed by atoms with Crippen molar-refractivity contribution in [3.05, 3.63) is 52.2 Å². The molecule has 0 spiro atoms. The van der Waals surface area contributed by atoms with Crippen molar-refractivity contribution in [2.45, 2.75) is 13.0 Å². The minimum absolute atomic E-state index is 0.0250. The van der Waals surface area contributed by atoms with E-state index in [0.717, 1.165) is 11.3 Å². The lowest BCUT2D eigenvalue weighted by atomic mass is 10.1. The summed E-state index contributed by atoms with van der Waals surface area (Å²) < 4.78 is 0. The molecule has 1 aromatic carbocycles. The van der Waals surface area contributed by atoms with Gasteiger partial charge < -0.3 is 11.1 Å². The Labute approximate surface area is 104 Å². The van der Waals surface area contributed by atoms with Gasteiger partial charge in [-0.1, -0.05) is 12.1 Å². The monoisotopic (exact) mass is 246 g/mol. The Hall–Kier alpha value is -1.81. The number of nitrogens with two attached hydrogens (primary N) is 1. The molecule has 0 aliphatic heterocycles. The van der Waals surface area contributed by atoms with Crippen molar-refractivity contribution in [2.24, 2.45) is 0 Å². The van der Waals surface area contributed by atoms with E-state index < -0.39 is 0 Å². The second-order valence-corrected chi connectivity index (χ2v) is 4.65. The molecule has 3 nitrogen and oxygen atoms in total. The van der Waals surface area contributed by atoms with Crippen molar-refractivity contribution in [1.29, 1.82) is 0 Å². The summed E-state index contributed by atoms with van der Waals surface area (Å²) in [5.74, 6) is -0.0458. The molecule has 0 aliphatic rings. The van der Waals surface area contributed by atoms with Crippen LogP contribution in [0.4, 0.5) is 5.69 Å². The SMILES string of the molecule is CC(NC(=O)c1ccsc1)c1ccc(N)cc1. The quantitative estimate of drug-likeness (QED) is 0.818. The molecule has 2 rings (SSSR count). The maximum absolute atomic E-state index is 11.8. The van der Waals surface area contributed by atoms with Gasteiger partial charge in [0.25, 0.3) is 5.91 Å². The van der Waals surface area contributed by atoms with Gasteiger partial charge in [-0.3, -0.25) is 4.79 Å². The summed E-state index contributed by atoms with van der Waals surface area (Å²) >= 11 is 1.52. The lowest BCUT2D eigenvalue weighted by molar-refractivity contribution is 0.0940. The second kappa shape index (κ2) is 5.01. The lowest BCUT2D eigenvalue weighted by Gasteiger charge is -2.13. The number of amides is 1. The van der Waals surface area contributed by atoms with Gasteiger partial charge in [0.05, 0.1) is 11.6 Å². The number of benzene rings is 1. The summed E-state index contributed by atoms with van der Waals surface area (Å²) in [6.07, 6.45) is 0. The first-order chi connectivity index (χ1) is 8.16. The van der Waals surface area contributed by atoms with Crippen molar-refractivity contribution in [3.63, 3.8) is 0 Å². The van der Waals surface area contributed by atoms with Crippen LogP contribution in [0.15, 0.2) is 41.1 Å². The fourth-order valence-electron chi connectivity index (χ4n) is 1.54. The van der Waals surface area contributed by atoms with Crippen LogP contribution in [0.2, 0.25) is 0 Å². The van der Waals surface area contributed by atoms with Gasteiger partial charge >= 0.3 is 0 Å². The van der Waals surface area contributed by atoms with Crippen LogP contribution in [0.3, 0.4) is 0 Å². The van der Waals surface area contributed by atoms with Gasteiger partial charge in [0.1, 0.15) is 0 Å². The van der Waals surface area contributed by atoms with Crippen LogP contribution in [0, 0.1) is 0 Å². The molecule has 3 N–H and O–H groups in total. The largest absolute Gasteiger partial charge is 0.399 e. The molecule has 17 heavy (non-hydrogen) atoms. The Morgan fingerprint density at radius 1 is 1.29 bits per heavy atom. The number of anilines is 1. The summed E-state index contributed by atoms with van der Waals surface area (Å²) in [7, 11) is 0. The van der Waals surface area contributed by atoms with E-state index in [-0.39, 0.29) is 11.9 Å². The molecular weight excluding hydrogens is 232 g/mol. The fraction of sp³-hybridized carbons (Fsp3) is 0.154. The molecular formula is C13H14N2OS. The van der Waals surface area contributed by atoms with Crippen molar-refractivity contribution in [3.8, 4) is 0 Å². The Morgan fingerprint density at radius 2 is 2.00 bits per heavy atom. The van der Waals surface area contributed by atoms with Crippen molar-refractivity contribution < 1.29 is 4.79 Å².